The lowest BCUT2D eigenvalue weighted by Crippen LogP contribution is -2.43. The van der Waals surface area contributed by atoms with Gasteiger partial charge >= 0.3 is 0 Å². The highest BCUT2D eigenvalue weighted by atomic mass is 16.2. The van der Waals surface area contributed by atoms with E-state index in [1.165, 1.54) is 12.8 Å². The average Bonchev–Trinajstić information content (AvgIpc) is 2.80. The molecular formula is C8H15N3O. The molecule has 2 rings (SSSR count). The highest BCUT2D eigenvalue weighted by molar-refractivity contribution is 5.78. The van der Waals surface area contributed by atoms with Gasteiger partial charge in [0, 0.05) is 32.1 Å². The van der Waals surface area contributed by atoms with Gasteiger partial charge in [-0.15, -0.1) is 0 Å². The molecule has 1 heterocycles. The van der Waals surface area contributed by atoms with E-state index in [1.54, 1.807) is 0 Å². The Kier molecular flexibility index (Phi) is 2.02. The van der Waals surface area contributed by atoms with Gasteiger partial charge in [0.1, 0.15) is 0 Å². The van der Waals surface area contributed by atoms with Gasteiger partial charge in [-0.25, -0.2) is 5.01 Å². The summed E-state index contributed by atoms with van der Waals surface area (Å²) in [5.74, 6) is 0.283. The van der Waals surface area contributed by atoms with Crippen molar-refractivity contribution in [2.45, 2.75) is 25.3 Å². The largest absolute Gasteiger partial charge is 0.329 e. The fourth-order valence-corrected chi connectivity index (χ4v) is 1.73. The van der Waals surface area contributed by atoms with E-state index in [0.717, 1.165) is 13.1 Å². The van der Waals surface area contributed by atoms with Crippen molar-refractivity contribution in [2.24, 2.45) is 5.73 Å². The summed E-state index contributed by atoms with van der Waals surface area (Å²) in [7, 11) is 0. The molecule has 1 aliphatic carbocycles. The summed E-state index contributed by atoms with van der Waals surface area (Å²) in [4.78, 5) is 11.4. The second-order valence-electron chi connectivity index (χ2n) is 3.46. The molecule has 0 aromatic rings. The van der Waals surface area contributed by atoms with E-state index in [9.17, 15) is 4.79 Å². The third kappa shape index (κ3) is 1.32. The summed E-state index contributed by atoms with van der Waals surface area (Å²) in [5, 5.41) is 4.02. The summed E-state index contributed by atoms with van der Waals surface area (Å²) in [6, 6.07) is 0.506. The number of amides is 1. The zero-order valence-corrected chi connectivity index (χ0v) is 7.20. The first-order valence-electron chi connectivity index (χ1n) is 4.60. The van der Waals surface area contributed by atoms with Crippen molar-refractivity contribution in [3.05, 3.63) is 0 Å². The van der Waals surface area contributed by atoms with Gasteiger partial charge in [-0.1, -0.05) is 0 Å². The number of hydrogen-bond donors (Lipinski definition) is 1. The second kappa shape index (κ2) is 3.03. The van der Waals surface area contributed by atoms with Crippen molar-refractivity contribution in [3.8, 4) is 0 Å². The summed E-state index contributed by atoms with van der Waals surface area (Å²) in [6.07, 6.45) is 3.02. The standard InChI is InChI=1S/C8H15N3O/c9-4-6-10-5-3-8(12)11(10)7-1-2-7/h7H,1-6,9H2. The fraction of sp³-hybridized carbons (Fsp3) is 0.875. The van der Waals surface area contributed by atoms with Crippen molar-refractivity contribution < 1.29 is 4.79 Å². The fourth-order valence-electron chi connectivity index (χ4n) is 1.73. The summed E-state index contributed by atoms with van der Waals surface area (Å²) in [5.41, 5.74) is 5.46. The molecule has 1 saturated carbocycles. The van der Waals surface area contributed by atoms with Crippen LogP contribution in [0.1, 0.15) is 19.3 Å². The predicted octanol–water partition coefficient (Wildman–Crippen LogP) is -0.443. The van der Waals surface area contributed by atoms with Gasteiger partial charge < -0.3 is 5.73 Å². The minimum Gasteiger partial charge on any atom is -0.329 e. The predicted molar refractivity (Wildman–Crippen MR) is 45.1 cm³/mol. The van der Waals surface area contributed by atoms with Crippen molar-refractivity contribution in [3.63, 3.8) is 0 Å². The Labute approximate surface area is 72.3 Å². The number of nitrogens with two attached hydrogens (primary N) is 1. The van der Waals surface area contributed by atoms with Crippen LogP contribution in [0.25, 0.3) is 0 Å². The van der Waals surface area contributed by atoms with E-state index in [1.807, 2.05) is 5.01 Å². The molecule has 1 aliphatic heterocycles. The summed E-state index contributed by atoms with van der Waals surface area (Å²) in [6.45, 7) is 2.32. The van der Waals surface area contributed by atoms with Crippen LogP contribution in [-0.4, -0.2) is 41.6 Å². The molecule has 68 valence electrons. The molecule has 0 bridgehead atoms. The van der Waals surface area contributed by atoms with Gasteiger partial charge in [-0.2, -0.15) is 0 Å². The highest BCUT2D eigenvalue weighted by Crippen LogP contribution is 2.31. The topological polar surface area (TPSA) is 49.6 Å². The first-order valence-corrected chi connectivity index (χ1v) is 4.60. The van der Waals surface area contributed by atoms with Crippen LogP contribution in [0.4, 0.5) is 0 Å². The van der Waals surface area contributed by atoms with Crippen LogP contribution >= 0.6 is 0 Å². The number of rotatable bonds is 3. The molecule has 0 unspecified atom stereocenters. The van der Waals surface area contributed by atoms with Crippen LogP contribution in [0.3, 0.4) is 0 Å². The lowest BCUT2D eigenvalue weighted by atomic mass is 10.4. The Morgan fingerprint density at radius 1 is 1.50 bits per heavy atom. The molecule has 1 amide bonds. The van der Waals surface area contributed by atoms with E-state index in [2.05, 4.69) is 5.01 Å². The Balaban J connectivity index is 1.98. The van der Waals surface area contributed by atoms with E-state index < -0.39 is 0 Å². The Morgan fingerprint density at radius 3 is 2.83 bits per heavy atom. The Hall–Kier alpha value is -0.610. The van der Waals surface area contributed by atoms with Gasteiger partial charge in [0.15, 0.2) is 0 Å². The molecular weight excluding hydrogens is 154 g/mol. The third-order valence-corrected chi connectivity index (χ3v) is 2.42. The quantitative estimate of drug-likeness (QED) is 0.623. The lowest BCUT2D eigenvalue weighted by Gasteiger charge is -2.27. The molecule has 4 heteroatoms. The van der Waals surface area contributed by atoms with E-state index >= 15 is 0 Å². The van der Waals surface area contributed by atoms with Gasteiger partial charge in [-0.05, 0) is 12.8 Å². The number of nitrogens with zero attached hydrogens (tertiary/aromatic N) is 2. The molecule has 0 aromatic heterocycles. The summed E-state index contributed by atoms with van der Waals surface area (Å²) >= 11 is 0. The van der Waals surface area contributed by atoms with E-state index in [-0.39, 0.29) is 5.91 Å². The summed E-state index contributed by atoms with van der Waals surface area (Å²) < 4.78 is 0. The Morgan fingerprint density at radius 2 is 2.25 bits per heavy atom. The van der Waals surface area contributed by atoms with Crippen LogP contribution < -0.4 is 5.73 Å². The molecule has 12 heavy (non-hydrogen) atoms. The molecule has 0 radical (unpaired) electrons. The molecule has 1 saturated heterocycles. The van der Waals surface area contributed by atoms with Crippen LogP contribution in [0.2, 0.25) is 0 Å². The van der Waals surface area contributed by atoms with Crippen LogP contribution in [0, 0.1) is 0 Å². The van der Waals surface area contributed by atoms with Gasteiger partial charge in [0.25, 0.3) is 0 Å². The third-order valence-electron chi connectivity index (χ3n) is 2.42. The van der Waals surface area contributed by atoms with Crippen molar-refractivity contribution in [2.75, 3.05) is 19.6 Å². The molecule has 2 N–H and O–H groups in total. The Bertz CT molecular complexity index is 191. The minimum absolute atomic E-state index is 0.283. The van der Waals surface area contributed by atoms with Crippen molar-refractivity contribution in [1.82, 2.24) is 10.0 Å². The smallest absolute Gasteiger partial charge is 0.238 e. The molecule has 4 nitrogen and oxygen atoms in total. The number of hydrogen-bond acceptors (Lipinski definition) is 3. The number of hydrazine groups is 1. The monoisotopic (exact) mass is 169 g/mol. The van der Waals surface area contributed by atoms with Gasteiger partial charge in [-0.3, -0.25) is 9.80 Å². The molecule has 0 atom stereocenters. The van der Waals surface area contributed by atoms with Crippen molar-refractivity contribution >= 4 is 5.91 Å². The van der Waals surface area contributed by atoms with Crippen LogP contribution in [-0.2, 0) is 4.79 Å². The average molecular weight is 169 g/mol. The zero-order chi connectivity index (χ0) is 8.55. The van der Waals surface area contributed by atoms with Gasteiger partial charge in [0.2, 0.25) is 5.91 Å². The maximum atomic E-state index is 11.4. The first-order chi connectivity index (χ1) is 5.83. The van der Waals surface area contributed by atoms with Crippen LogP contribution in [0.5, 0.6) is 0 Å². The minimum atomic E-state index is 0.283. The molecule has 0 spiro atoms. The number of carbonyl (C=O) groups is 1. The molecule has 2 aliphatic rings. The SMILES string of the molecule is NCCN1CCC(=O)N1C1CC1. The zero-order valence-electron chi connectivity index (χ0n) is 7.20. The normalized spacial score (nSPS) is 25.4. The second-order valence-corrected chi connectivity index (χ2v) is 3.46. The molecule has 2 fully saturated rings. The van der Waals surface area contributed by atoms with E-state index in [4.69, 9.17) is 5.73 Å². The maximum Gasteiger partial charge on any atom is 0.238 e. The van der Waals surface area contributed by atoms with E-state index in [0.29, 0.717) is 19.0 Å². The lowest BCUT2D eigenvalue weighted by molar-refractivity contribution is -0.138. The molecule has 0 aromatic carbocycles. The van der Waals surface area contributed by atoms with Gasteiger partial charge in [0.05, 0.1) is 0 Å². The first kappa shape index (κ1) is 8.01. The maximum absolute atomic E-state index is 11.4. The van der Waals surface area contributed by atoms with Crippen LogP contribution in [0.15, 0.2) is 0 Å². The van der Waals surface area contributed by atoms with Crippen molar-refractivity contribution in [1.29, 1.82) is 0 Å². The number of carbonyl (C=O) groups excluding carboxylic acids is 1. The highest BCUT2D eigenvalue weighted by Gasteiger charge is 2.39.